The minimum Gasteiger partial charge on any atom is -0.467 e. The third-order valence-corrected chi connectivity index (χ3v) is 5.11. The topological polar surface area (TPSA) is 45.5 Å². The fraction of sp³-hybridized carbons (Fsp3) is 0.476. The van der Waals surface area contributed by atoms with Crippen LogP contribution in [0.1, 0.15) is 43.6 Å². The third-order valence-electron chi connectivity index (χ3n) is 5.11. The van der Waals surface area contributed by atoms with E-state index in [0.717, 1.165) is 31.2 Å². The summed E-state index contributed by atoms with van der Waals surface area (Å²) in [4.78, 5) is 14.5. The number of nitrogens with zero attached hydrogens (tertiary/aromatic N) is 1. The van der Waals surface area contributed by atoms with Crippen LogP contribution in [0.25, 0.3) is 0 Å². The lowest BCUT2D eigenvalue weighted by Gasteiger charge is -2.31. The van der Waals surface area contributed by atoms with Crippen LogP contribution in [0.5, 0.6) is 0 Å². The number of carbonyl (C=O) groups excluding carboxylic acids is 1. The van der Waals surface area contributed by atoms with E-state index in [1.165, 1.54) is 24.8 Å². The van der Waals surface area contributed by atoms with Crippen LogP contribution in [0.4, 0.5) is 0 Å². The van der Waals surface area contributed by atoms with E-state index < -0.39 is 0 Å². The van der Waals surface area contributed by atoms with Gasteiger partial charge in [-0.05, 0) is 69.3 Å². The number of benzene rings is 1. The van der Waals surface area contributed by atoms with Crippen molar-refractivity contribution in [2.24, 2.45) is 5.92 Å². The molecule has 3 rings (SSSR count). The number of nitrogens with one attached hydrogen (secondary N) is 1. The minimum absolute atomic E-state index is 0.0756. The van der Waals surface area contributed by atoms with E-state index in [1.807, 2.05) is 19.1 Å². The molecule has 2 heterocycles. The zero-order valence-corrected chi connectivity index (χ0v) is 15.0. The van der Waals surface area contributed by atoms with Crippen LogP contribution in [0.2, 0.25) is 0 Å². The Morgan fingerprint density at radius 2 is 1.96 bits per heavy atom. The van der Waals surface area contributed by atoms with Crippen molar-refractivity contribution in [3.8, 4) is 0 Å². The molecule has 4 heteroatoms. The van der Waals surface area contributed by atoms with Crippen LogP contribution in [-0.2, 0) is 11.2 Å². The van der Waals surface area contributed by atoms with Crippen LogP contribution in [0.15, 0.2) is 53.1 Å². The molecule has 1 atom stereocenters. The SMILES string of the molecule is C[C@H](NC(=O)CN1CCC(CCc2ccccc2)CC1)c1ccco1. The van der Waals surface area contributed by atoms with Gasteiger partial charge in [0.2, 0.25) is 5.91 Å². The molecule has 4 nitrogen and oxygen atoms in total. The average Bonchev–Trinajstić information content (AvgIpc) is 3.17. The summed E-state index contributed by atoms with van der Waals surface area (Å²) in [5, 5.41) is 3.01. The van der Waals surface area contributed by atoms with Gasteiger partial charge in [0.1, 0.15) is 5.76 Å². The van der Waals surface area contributed by atoms with Gasteiger partial charge in [-0.15, -0.1) is 0 Å². The summed E-state index contributed by atoms with van der Waals surface area (Å²) in [6.45, 7) is 4.47. The van der Waals surface area contributed by atoms with Crippen LogP contribution in [0.3, 0.4) is 0 Å². The van der Waals surface area contributed by atoms with Gasteiger partial charge in [0.05, 0.1) is 18.8 Å². The Morgan fingerprint density at radius 3 is 2.64 bits per heavy atom. The Labute approximate surface area is 150 Å². The first-order valence-corrected chi connectivity index (χ1v) is 9.30. The van der Waals surface area contributed by atoms with Crippen LogP contribution < -0.4 is 5.32 Å². The molecular formula is C21H28N2O2. The fourth-order valence-electron chi connectivity index (χ4n) is 3.55. The Morgan fingerprint density at radius 1 is 1.20 bits per heavy atom. The largest absolute Gasteiger partial charge is 0.467 e. The summed E-state index contributed by atoms with van der Waals surface area (Å²) >= 11 is 0. The second-order valence-electron chi connectivity index (χ2n) is 7.05. The fourth-order valence-corrected chi connectivity index (χ4v) is 3.55. The summed E-state index contributed by atoms with van der Waals surface area (Å²) < 4.78 is 5.34. The molecule has 1 saturated heterocycles. The number of piperidine rings is 1. The Hall–Kier alpha value is -2.07. The van der Waals surface area contributed by atoms with Gasteiger partial charge >= 0.3 is 0 Å². The van der Waals surface area contributed by atoms with E-state index >= 15 is 0 Å². The Kier molecular flexibility index (Phi) is 6.29. The molecular weight excluding hydrogens is 312 g/mol. The number of rotatable bonds is 7. The summed E-state index contributed by atoms with van der Waals surface area (Å²) in [5.41, 5.74) is 1.43. The number of amides is 1. The van der Waals surface area contributed by atoms with Crippen molar-refractivity contribution < 1.29 is 9.21 Å². The minimum atomic E-state index is -0.0779. The first-order valence-electron chi connectivity index (χ1n) is 9.30. The van der Waals surface area contributed by atoms with Gasteiger partial charge in [0, 0.05) is 0 Å². The molecule has 0 aliphatic carbocycles. The maximum Gasteiger partial charge on any atom is 0.234 e. The van der Waals surface area contributed by atoms with Crippen LogP contribution in [-0.4, -0.2) is 30.4 Å². The molecule has 1 amide bonds. The molecule has 0 spiro atoms. The van der Waals surface area contributed by atoms with Gasteiger partial charge in [0.15, 0.2) is 0 Å². The summed E-state index contributed by atoms with van der Waals surface area (Å²) in [5.74, 6) is 1.65. The molecule has 1 aliphatic rings. The highest BCUT2D eigenvalue weighted by Crippen LogP contribution is 2.22. The zero-order chi connectivity index (χ0) is 17.5. The molecule has 1 aromatic heterocycles. The number of furan rings is 1. The first-order chi connectivity index (χ1) is 12.2. The maximum atomic E-state index is 12.2. The highest BCUT2D eigenvalue weighted by atomic mass is 16.3. The van der Waals surface area contributed by atoms with Crippen molar-refractivity contribution >= 4 is 5.91 Å². The monoisotopic (exact) mass is 340 g/mol. The normalized spacial score (nSPS) is 17.3. The van der Waals surface area contributed by atoms with Crippen molar-refractivity contribution in [1.82, 2.24) is 10.2 Å². The lowest BCUT2D eigenvalue weighted by molar-refractivity contribution is -0.123. The van der Waals surface area contributed by atoms with Crippen molar-refractivity contribution in [3.63, 3.8) is 0 Å². The Balaban J connectivity index is 1.35. The molecule has 0 radical (unpaired) electrons. The van der Waals surface area contributed by atoms with Gasteiger partial charge < -0.3 is 9.73 Å². The van der Waals surface area contributed by atoms with Crippen molar-refractivity contribution in [3.05, 3.63) is 60.1 Å². The molecule has 0 saturated carbocycles. The predicted octanol–water partition coefficient (Wildman–Crippen LogP) is 3.80. The summed E-state index contributed by atoms with van der Waals surface area (Å²) in [7, 11) is 0. The van der Waals surface area contributed by atoms with E-state index in [1.54, 1.807) is 6.26 Å². The van der Waals surface area contributed by atoms with E-state index in [9.17, 15) is 4.79 Å². The number of hydrogen-bond acceptors (Lipinski definition) is 3. The van der Waals surface area contributed by atoms with E-state index in [-0.39, 0.29) is 11.9 Å². The van der Waals surface area contributed by atoms with E-state index in [4.69, 9.17) is 4.42 Å². The first kappa shape index (κ1) is 17.7. The summed E-state index contributed by atoms with van der Waals surface area (Å²) in [6, 6.07) is 14.4. The number of hydrogen-bond donors (Lipinski definition) is 1. The molecule has 25 heavy (non-hydrogen) atoms. The van der Waals surface area contributed by atoms with Crippen LogP contribution in [0, 0.1) is 5.92 Å². The number of likely N-dealkylation sites (tertiary alicyclic amines) is 1. The van der Waals surface area contributed by atoms with Crippen molar-refractivity contribution in [2.75, 3.05) is 19.6 Å². The van der Waals surface area contributed by atoms with E-state index in [0.29, 0.717) is 6.54 Å². The smallest absolute Gasteiger partial charge is 0.234 e. The summed E-state index contributed by atoms with van der Waals surface area (Å²) in [6.07, 6.45) is 6.42. The predicted molar refractivity (Wildman–Crippen MR) is 99.2 cm³/mol. The third kappa shape index (κ3) is 5.46. The Bertz CT molecular complexity index is 631. The second kappa shape index (κ2) is 8.86. The van der Waals surface area contributed by atoms with Gasteiger partial charge in [-0.3, -0.25) is 9.69 Å². The molecule has 0 bridgehead atoms. The van der Waals surface area contributed by atoms with Gasteiger partial charge in [0.25, 0.3) is 0 Å². The molecule has 2 aromatic rings. The lowest BCUT2D eigenvalue weighted by atomic mass is 9.90. The van der Waals surface area contributed by atoms with Gasteiger partial charge in [-0.2, -0.15) is 0 Å². The molecule has 134 valence electrons. The number of aryl methyl sites for hydroxylation is 1. The quantitative estimate of drug-likeness (QED) is 0.834. The molecule has 1 aromatic carbocycles. The second-order valence-corrected chi connectivity index (χ2v) is 7.05. The van der Waals surface area contributed by atoms with Crippen molar-refractivity contribution in [2.45, 2.75) is 38.6 Å². The van der Waals surface area contributed by atoms with Crippen molar-refractivity contribution in [1.29, 1.82) is 0 Å². The number of carbonyl (C=O) groups is 1. The molecule has 0 unspecified atom stereocenters. The highest BCUT2D eigenvalue weighted by molar-refractivity contribution is 5.78. The molecule has 1 N–H and O–H groups in total. The van der Waals surface area contributed by atoms with Gasteiger partial charge in [-0.1, -0.05) is 30.3 Å². The zero-order valence-electron chi connectivity index (χ0n) is 15.0. The average molecular weight is 340 g/mol. The van der Waals surface area contributed by atoms with Crippen LogP contribution >= 0.6 is 0 Å². The standard InChI is InChI=1S/C21H28N2O2/c1-17(20-8-5-15-25-20)22-21(24)16-23-13-11-19(12-14-23)10-9-18-6-3-2-4-7-18/h2-8,15,17,19H,9-14,16H2,1H3,(H,22,24)/t17-/m0/s1. The lowest BCUT2D eigenvalue weighted by Crippen LogP contribution is -2.42. The maximum absolute atomic E-state index is 12.2. The van der Waals surface area contributed by atoms with E-state index in [2.05, 4.69) is 40.5 Å². The molecule has 1 fully saturated rings. The highest BCUT2D eigenvalue weighted by Gasteiger charge is 2.21. The molecule has 1 aliphatic heterocycles. The van der Waals surface area contributed by atoms with Gasteiger partial charge in [-0.25, -0.2) is 0 Å².